The van der Waals surface area contributed by atoms with Crippen LogP contribution in [0.25, 0.3) is 0 Å². The fourth-order valence-corrected chi connectivity index (χ4v) is 8.79. The van der Waals surface area contributed by atoms with Crippen LogP contribution in [0.3, 0.4) is 0 Å². The third-order valence-corrected chi connectivity index (χ3v) is 11.8. The Bertz CT molecular complexity index is 1540. The van der Waals surface area contributed by atoms with Crippen molar-refractivity contribution in [3.05, 3.63) is 83.4 Å². The smallest absolute Gasteiger partial charge is 0.407 e. The van der Waals surface area contributed by atoms with Gasteiger partial charge in [0.1, 0.15) is 30.0 Å². The van der Waals surface area contributed by atoms with Crippen LogP contribution < -0.4 is 10.6 Å². The van der Waals surface area contributed by atoms with E-state index in [0.29, 0.717) is 38.2 Å². The first-order valence-electron chi connectivity index (χ1n) is 22.1. The van der Waals surface area contributed by atoms with Crippen molar-refractivity contribution in [1.82, 2.24) is 10.6 Å². The Morgan fingerprint density at radius 3 is 2.42 bits per heavy atom. The summed E-state index contributed by atoms with van der Waals surface area (Å²) in [5, 5.41) is 27.0. The van der Waals surface area contributed by atoms with Gasteiger partial charge >= 0.3 is 6.09 Å². The van der Waals surface area contributed by atoms with Gasteiger partial charge in [0.05, 0.1) is 31.0 Å². The Kier molecular flexibility index (Phi) is 18.9. The maximum atomic E-state index is 13.8. The molecule has 0 spiro atoms. The molecular formula is C47H71FN2O9. The van der Waals surface area contributed by atoms with Gasteiger partial charge in [-0.05, 0) is 107 Å². The zero-order valence-electron chi connectivity index (χ0n) is 36.0. The number of aliphatic hydroxyl groups is 2. The van der Waals surface area contributed by atoms with Gasteiger partial charge in [0.2, 0.25) is 0 Å². The fraction of sp³-hybridized carbons (Fsp3) is 0.681. The first kappa shape index (κ1) is 47.0. The van der Waals surface area contributed by atoms with E-state index in [9.17, 15) is 19.4 Å². The minimum absolute atomic E-state index is 0.0209. The lowest BCUT2D eigenvalue weighted by Crippen LogP contribution is -2.53. The number of benzene rings is 2. The van der Waals surface area contributed by atoms with E-state index in [0.717, 1.165) is 74.7 Å². The van der Waals surface area contributed by atoms with E-state index in [1.54, 1.807) is 20.8 Å². The van der Waals surface area contributed by atoms with E-state index >= 15 is 0 Å². The van der Waals surface area contributed by atoms with Crippen LogP contribution in [0.15, 0.2) is 66.4 Å². The molecular weight excluding hydrogens is 756 g/mol. The number of hydrogen-bond donors (Lipinski definition) is 4. The van der Waals surface area contributed by atoms with Gasteiger partial charge in [-0.15, -0.1) is 0 Å². The topological polar surface area (TPSA) is 137 Å². The normalized spacial score (nSPS) is 26.9. The largest absolute Gasteiger partial charge is 0.493 e. The number of carbonyl (C=O) groups is 1. The molecule has 1 saturated carbocycles. The fourth-order valence-electron chi connectivity index (χ4n) is 8.79. The quantitative estimate of drug-likeness (QED) is 0.0681. The summed E-state index contributed by atoms with van der Waals surface area (Å²) in [4.78, 5) is 11.8. The lowest BCUT2D eigenvalue weighted by Gasteiger charge is -2.48. The standard InChI is InChI=1S/C47H71FN2O9/c1-6-12-37-39(21-17-35-18-22-40(58-44(35)37)45(52)49-24-23-43(51)56-28-25-50-46(53)59-47(3,4)5)54-26-11-27-55-41-30-42(57-31-32-13-9-8-10-14-32)38(29-33(41)7-2)34-15-19-36(48)20-16-34/h8-10,13-16,19-20,30,33,35,37-41,43-45,49,51-52H,6-7,11-12,17-18,21-29,31H2,1-5H3,(H,50,53). The summed E-state index contributed by atoms with van der Waals surface area (Å²) in [5.41, 5.74) is 1.56. The van der Waals surface area contributed by atoms with E-state index in [-0.39, 0.29) is 61.6 Å². The van der Waals surface area contributed by atoms with Crippen molar-refractivity contribution in [2.75, 3.05) is 32.9 Å². The Morgan fingerprint density at radius 1 is 0.949 bits per heavy atom. The number of hydrogen-bond acceptors (Lipinski definition) is 10. The minimum atomic E-state index is -1.04. The first-order chi connectivity index (χ1) is 28.4. The number of fused-ring (bicyclic) bond motifs is 1. The van der Waals surface area contributed by atoms with Crippen molar-refractivity contribution in [1.29, 1.82) is 0 Å². The molecule has 5 rings (SSSR count). The number of carbonyl (C=O) groups excluding carboxylic acids is 1. The van der Waals surface area contributed by atoms with Crippen molar-refractivity contribution in [2.45, 2.75) is 154 Å². The van der Waals surface area contributed by atoms with Gasteiger partial charge in [0.15, 0.2) is 6.29 Å². The molecule has 330 valence electrons. The first-order valence-corrected chi connectivity index (χ1v) is 22.1. The molecule has 1 heterocycles. The van der Waals surface area contributed by atoms with E-state index in [1.165, 1.54) is 12.1 Å². The van der Waals surface area contributed by atoms with Crippen LogP contribution in [0.5, 0.6) is 0 Å². The molecule has 4 N–H and O–H groups in total. The van der Waals surface area contributed by atoms with Crippen molar-refractivity contribution >= 4 is 6.09 Å². The molecule has 11 nitrogen and oxygen atoms in total. The minimum Gasteiger partial charge on any atom is -0.493 e. The molecule has 1 aliphatic heterocycles. The summed E-state index contributed by atoms with van der Waals surface area (Å²) in [6.45, 7) is 12.1. The molecule has 0 bridgehead atoms. The second-order valence-electron chi connectivity index (χ2n) is 17.4. The predicted octanol–water partition coefficient (Wildman–Crippen LogP) is 8.13. The molecule has 59 heavy (non-hydrogen) atoms. The van der Waals surface area contributed by atoms with Crippen LogP contribution in [-0.2, 0) is 35.0 Å². The van der Waals surface area contributed by atoms with Crippen molar-refractivity contribution in [3.63, 3.8) is 0 Å². The molecule has 2 aromatic rings. The summed E-state index contributed by atoms with van der Waals surface area (Å²) < 4.78 is 50.8. The van der Waals surface area contributed by atoms with Gasteiger partial charge in [-0.2, -0.15) is 0 Å². The number of ether oxygens (including phenoxy) is 6. The van der Waals surface area contributed by atoms with Gasteiger partial charge in [-0.25, -0.2) is 9.18 Å². The molecule has 12 heteroatoms. The summed E-state index contributed by atoms with van der Waals surface area (Å²) >= 11 is 0. The third-order valence-electron chi connectivity index (χ3n) is 11.8. The van der Waals surface area contributed by atoms with E-state index in [1.807, 2.05) is 30.3 Å². The Morgan fingerprint density at radius 2 is 1.69 bits per heavy atom. The van der Waals surface area contributed by atoms with Crippen LogP contribution in [0.4, 0.5) is 9.18 Å². The lowest BCUT2D eigenvalue weighted by molar-refractivity contribution is -0.193. The molecule has 0 aromatic heterocycles. The summed E-state index contributed by atoms with van der Waals surface area (Å²) in [6, 6.07) is 16.9. The number of allylic oxidation sites excluding steroid dienone is 1. The van der Waals surface area contributed by atoms with Crippen LogP contribution in [0.1, 0.15) is 116 Å². The Labute approximate surface area is 351 Å². The zero-order valence-corrected chi connectivity index (χ0v) is 36.0. The second-order valence-corrected chi connectivity index (χ2v) is 17.4. The third kappa shape index (κ3) is 15.1. The van der Waals surface area contributed by atoms with Gasteiger partial charge in [-0.1, -0.05) is 69.2 Å². The summed E-state index contributed by atoms with van der Waals surface area (Å²) in [5.74, 6) is 1.68. The van der Waals surface area contributed by atoms with Crippen LogP contribution >= 0.6 is 0 Å². The molecule has 2 aromatic carbocycles. The van der Waals surface area contributed by atoms with Gasteiger partial charge in [0.25, 0.3) is 0 Å². The van der Waals surface area contributed by atoms with Crippen LogP contribution in [0.2, 0.25) is 0 Å². The lowest BCUT2D eigenvalue weighted by atomic mass is 9.71. The Hall–Kier alpha value is -3.10. The average molecular weight is 827 g/mol. The number of amides is 1. The number of nitrogens with one attached hydrogen (secondary N) is 2. The van der Waals surface area contributed by atoms with Crippen LogP contribution in [0, 0.1) is 23.6 Å². The maximum absolute atomic E-state index is 13.8. The van der Waals surface area contributed by atoms with E-state index in [4.69, 9.17) is 28.4 Å². The molecule has 2 fully saturated rings. The highest BCUT2D eigenvalue weighted by molar-refractivity contribution is 5.67. The predicted molar refractivity (Wildman–Crippen MR) is 225 cm³/mol. The molecule has 10 unspecified atom stereocenters. The maximum Gasteiger partial charge on any atom is 0.407 e. The van der Waals surface area contributed by atoms with Crippen molar-refractivity contribution < 1.29 is 47.8 Å². The van der Waals surface area contributed by atoms with E-state index in [2.05, 4.69) is 42.7 Å². The highest BCUT2D eigenvalue weighted by Gasteiger charge is 2.45. The zero-order chi connectivity index (χ0) is 42.2. The number of rotatable bonds is 22. The molecule has 10 atom stereocenters. The number of alkyl carbamates (subject to hydrolysis) is 1. The molecule has 2 aliphatic carbocycles. The molecule has 1 amide bonds. The monoisotopic (exact) mass is 827 g/mol. The van der Waals surface area contributed by atoms with Crippen LogP contribution in [-0.4, -0.2) is 91.8 Å². The van der Waals surface area contributed by atoms with Crippen molar-refractivity contribution in [2.24, 2.45) is 17.8 Å². The van der Waals surface area contributed by atoms with Gasteiger partial charge in [-0.3, -0.25) is 5.32 Å². The second kappa shape index (κ2) is 23.8. The van der Waals surface area contributed by atoms with Gasteiger partial charge < -0.3 is 44.0 Å². The molecule has 3 aliphatic rings. The Balaban J connectivity index is 1.06. The SMILES string of the molecule is CCCC1C(OCCCOC2C=C(OCc3ccccc3)C(c3ccc(F)cc3)CC2CC)CCC2CCC(C(O)NCCC(O)OCCNC(=O)OC(C)(C)C)OC21. The molecule has 1 saturated heterocycles. The summed E-state index contributed by atoms with van der Waals surface area (Å²) in [6.07, 6.45) is 8.10. The number of aliphatic hydroxyl groups excluding tert-OH is 2. The average Bonchev–Trinajstić information content (AvgIpc) is 3.22. The highest BCUT2D eigenvalue weighted by atomic mass is 19.1. The molecule has 0 radical (unpaired) electrons. The summed E-state index contributed by atoms with van der Waals surface area (Å²) in [7, 11) is 0. The van der Waals surface area contributed by atoms with Crippen molar-refractivity contribution in [3.8, 4) is 0 Å². The van der Waals surface area contributed by atoms with Gasteiger partial charge in [0, 0.05) is 44.6 Å². The number of halogens is 1. The van der Waals surface area contributed by atoms with E-state index < -0.39 is 24.2 Å². The highest BCUT2D eigenvalue weighted by Crippen LogP contribution is 2.43.